The van der Waals surface area contributed by atoms with Crippen LogP contribution in [0.1, 0.15) is 18.4 Å². The van der Waals surface area contributed by atoms with Crippen molar-refractivity contribution in [2.75, 3.05) is 38.6 Å². The first-order valence-electron chi connectivity index (χ1n) is 11.5. The Morgan fingerprint density at radius 3 is 2.45 bits per heavy atom. The number of carbonyl (C=O) groups excluding carboxylic acids is 2. The molecule has 6 nitrogen and oxygen atoms in total. The van der Waals surface area contributed by atoms with E-state index in [-0.39, 0.29) is 17.7 Å². The molecule has 4 rings (SSSR count). The van der Waals surface area contributed by atoms with Crippen molar-refractivity contribution < 1.29 is 14.3 Å². The first-order chi connectivity index (χ1) is 16.1. The Morgan fingerprint density at radius 2 is 1.70 bits per heavy atom. The highest BCUT2D eigenvalue weighted by atomic mass is 16.5. The molecule has 6 heteroatoms. The molecule has 0 bridgehead atoms. The van der Waals surface area contributed by atoms with Crippen LogP contribution in [-0.2, 0) is 16.0 Å². The largest absolute Gasteiger partial charge is 0.497 e. The zero-order valence-corrected chi connectivity index (χ0v) is 19.0. The third-order valence-corrected chi connectivity index (χ3v) is 6.26. The number of hydrogen-bond acceptors (Lipinski definition) is 4. The molecule has 1 fully saturated rings. The van der Waals surface area contributed by atoms with E-state index >= 15 is 0 Å². The molecular formula is C27H31N3O3. The fourth-order valence-electron chi connectivity index (χ4n) is 4.35. The van der Waals surface area contributed by atoms with E-state index in [4.69, 9.17) is 4.74 Å². The van der Waals surface area contributed by atoms with Gasteiger partial charge in [-0.1, -0.05) is 48.5 Å². The molecule has 0 atom stereocenters. The topological polar surface area (TPSA) is 70.7 Å². The van der Waals surface area contributed by atoms with Crippen molar-refractivity contribution in [3.05, 3.63) is 72.3 Å². The predicted molar refractivity (Wildman–Crippen MR) is 131 cm³/mol. The van der Waals surface area contributed by atoms with Gasteiger partial charge >= 0.3 is 0 Å². The second-order valence-electron chi connectivity index (χ2n) is 8.51. The number of piperidine rings is 1. The lowest BCUT2D eigenvalue weighted by Crippen LogP contribution is -2.43. The standard InChI is InChI=1S/C27H31N3O3/c1-33-23-11-9-20(10-12-23)13-16-28-27(32)22-14-17-30(18-15-22)19-26(31)29-25-8-4-6-21-5-2-3-7-24(21)25/h2-12,22H,13-19H2,1H3,(H,28,32)(H,29,31). The van der Waals surface area contributed by atoms with Crippen LogP contribution in [0.3, 0.4) is 0 Å². The highest BCUT2D eigenvalue weighted by molar-refractivity contribution is 6.02. The molecule has 0 spiro atoms. The molecule has 0 saturated carbocycles. The minimum absolute atomic E-state index is 0.0123. The van der Waals surface area contributed by atoms with E-state index in [1.54, 1.807) is 7.11 Å². The van der Waals surface area contributed by atoms with Crippen LogP contribution in [0.2, 0.25) is 0 Å². The third-order valence-electron chi connectivity index (χ3n) is 6.26. The SMILES string of the molecule is COc1ccc(CCNC(=O)C2CCN(CC(=O)Nc3cccc4ccccc34)CC2)cc1. The van der Waals surface area contributed by atoms with Gasteiger partial charge in [0.15, 0.2) is 0 Å². The zero-order chi connectivity index (χ0) is 23.0. The zero-order valence-electron chi connectivity index (χ0n) is 19.0. The molecule has 0 unspecified atom stereocenters. The summed E-state index contributed by atoms with van der Waals surface area (Å²) in [7, 11) is 1.65. The Bertz CT molecular complexity index is 1080. The maximum atomic E-state index is 12.6. The second-order valence-corrected chi connectivity index (χ2v) is 8.51. The van der Waals surface area contributed by atoms with E-state index in [2.05, 4.69) is 15.5 Å². The lowest BCUT2D eigenvalue weighted by atomic mass is 9.96. The summed E-state index contributed by atoms with van der Waals surface area (Å²) in [5.74, 6) is 0.940. The van der Waals surface area contributed by atoms with Gasteiger partial charge in [0, 0.05) is 23.5 Å². The quantitative estimate of drug-likeness (QED) is 0.552. The van der Waals surface area contributed by atoms with Crippen molar-refractivity contribution in [2.24, 2.45) is 5.92 Å². The van der Waals surface area contributed by atoms with Gasteiger partial charge in [0.05, 0.1) is 13.7 Å². The lowest BCUT2D eigenvalue weighted by molar-refractivity contribution is -0.126. The van der Waals surface area contributed by atoms with E-state index in [9.17, 15) is 9.59 Å². The molecule has 1 aliphatic rings. The number of ether oxygens (including phenoxy) is 1. The molecule has 172 valence electrons. The van der Waals surface area contributed by atoms with E-state index < -0.39 is 0 Å². The van der Waals surface area contributed by atoms with Gasteiger partial charge < -0.3 is 15.4 Å². The van der Waals surface area contributed by atoms with Gasteiger partial charge in [-0.25, -0.2) is 0 Å². The summed E-state index contributed by atoms with van der Waals surface area (Å²) in [6.45, 7) is 2.47. The summed E-state index contributed by atoms with van der Waals surface area (Å²) in [5.41, 5.74) is 2.01. The number of methoxy groups -OCH3 is 1. The van der Waals surface area contributed by atoms with Gasteiger partial charge in [-0.2, -0.15) is 0 Å². The molecule has 2 amide bonds. The summed E-state index contributed by atoms with van der Waals surface area (Å²) in [6.07, 6.45) is 2.34. The van der Waals surface area contributed by atoms with Crippen LogP contribution >= 0.6 is 0 Å². The number of anilines is 1. The molecule has 3 aromatic rings. The molecule has 0 radical (unpaired) electrons. The average molecular weight is 446 g/mol. The number of amides is 2. The number of likely N-dealkylation sites (tertiary alicyclic amines) is 1. The molecule has 33 heavy (non-hydrogen) atoms. The van der Waals surface area contributed by atoms with Crippen LogP contribution in [0.15, 0.2) is 66.7 Å². The van der Waals surface area contributed by atoms with E-state index in [0.29, 0.717) is 13.1 Å². The molecule has 3 aromatic carbocycles. The van der Waals surface area contributed by atoms with Gasteiger partial charge in [-0.3, -0.25) is 14.5 Å². The molecule has 2 N–H and O–H groups in total. The van der Waals surface area contributed by atoms with Gasteiger partial charge in [0.2, 0.25) is 11.8 Å². The summed E-state index contributed by atoms with van der Waals surface area (Å²) < 4.78 is 5.17. The van der Waals surface area contributed by atoms with Crippen molar-refractivity contribution in [2.45, 2.75) is 19.3 Å². The van der Waals surface area contributed by atoms with Crippen molar-refractivity contribution in [3.8, 4) is 5.75 Å². The summed E-state index contributed by atoms with van der Waals surface area (Å²) in [5, 5.41) is 8.26. The van der Waals surface area contributed by atoms with E-state index in [1.165, 1.54) is 5.56 Å². The van der Waals surface area contributed by atoms with Crippen molar-refractivity contribution in [1.29, 1.82) is 0 Å². The van der Waals surface area contributed by atoms with Crippen LogP contribution in [0.25, 0.3) is 10.8 Å². The number of hydrogen-bond donors (Lipinski definition) is 2. The molecule has 1 saturated heterocycles. The minimum atomic E-state index is -0.0197. The molecular weight excluding hydrogens is 414 g/mol. The number of nitrogens with one attached hydrogen (secondary N) is 2. The smallest absolute Gasteiger partial charge is 0.238 e. The van der Waals surface area contributed by atoms with Gasteiger partial charge in [0.25, 0.3) is 0 Å². The molecule has 1 heterocycles. The summed E-state index contributed by atoms with van der Waals surface area (Å²) in [4.78, 5) is 27.3. The van der Waals surface area contributed by atoms with E-state index in [1.807, 2.05) is 66.7 Å². The highest BCUT2D eigenvalue weighted by Gasteiger charge is 2.25. The maximum Gasteiger partial charge on any atom is 0.238 e. The normalized spacial score (nSPS) is 14.7. The maximum absolute atomic E-state index is 12.6. The van der Waals surface area contributed by atoms with Crippen molar-refractivity contribution in [1.82, 2.24) is 10.2 Å². The number of nitrogens with zero attached hydrogens (tertiary/aromatic N) is 1. The Kier molecular flexibility index (Phi) is 7.58. The predicted octanol–water partition coefficient (Wildman–Crippen LogP) is 3.86. The van der Waals surface area contributed by atoms with Crippen LogP contribution in [0.5, 0.6) is 5.75 Å². The first kappa shape index (κ1) is 22.8. The monoisotopic (exact) mass is 445 g/mol. The van der Waals surface area contributed by atoms with Gasteiger partial charge in [-0.05, 0) is 61.5 Å². The number of benzene rings is 3. The Morgan fingerprint density at radius 1 is 0.970 bits per heavy atom. The van der Waals surface area contributed by atoms with Gasteiger partial charge in [-0.15, -0.1) is 0 Å². The lowest BCUT2D eigenvalue weighted by Gasteiger charge is -2.30. The second kappa shape index (κ2) is 11.0. The minimum Gasteiger partial charge on any atom is -0.497 e. The third kappa shape index (κ3) is 6.11. The fraction of sp³-hybridized carbons (Fsp3) is 0.333. The highest BCUT2D eigenvalue weighted by Crippen LogP contribution is 2.23. The number of carbonyl (C=O) groups is 2. The van der Waals surface area contributed by atoms with Crippen LogP contribution in [-0.4, -0.2) is 50.0 Å². The molecule has 1 aliphatic heterocycles. The van der Waals surface area contributed by atoms with Crippen molar-refractivity contribution >= 4 is 28.3 Å². The van der Waals surface area contributed by atoms with Crippen LogP contribution in [0, 0.1) is 5.92 Å². The number of fused-ring (bicyclic) bond motifs is 1. The molecule has 0 aliphatic carbocycles. The van der Waals surface area contributed by atoms with E-state index in [0.717, 1.165) is 54.6 Å². The number of rotatable bonds is 8. The van der Waals surface area contributed by atoms with Crippen molar-refractivity contribution in [3.63, 3.8) is 0 Å². The molecule has 0 aromatic heterocycles. The summed E-state index contributed by atoms with van der Waals surface area (Å²) >= 11 is 0. The Hall–Kier alpha value is -3.38. The summed E-state index contributed by atoms with van der Waals surface area (Å²) in [6, 6.07) is 21.9. The Labute approximate surface area is 194 Å². The Balaban J connectivity index is 1.19. The first-order valence-corrected chi connectivity index (χ1v) is 11.5. The van der Waals surface area contributed by atoms with Crippen LogP contribution < -0.4 is 15.4 Å². The van der Waals surface area contributed by atoms with Crippen LogP contribution in [0.4, 0.5) is 5.69 Å². The van der Waals surface area contributed by atoms with Gasteiger partial charge in [0.1, 0.15) is 5.75 Å². The fourth-order valence-corrected chi connectivity index (χ4v) is 4.35. The average Bonchev–Trinajstić information content (AvgIpc) is 2.85.